The third-order valence-corrected chi connectivity index (χ3v) is 5.72. The van der Waals surface area contributed by atoms with Gasteiger partial charge in [0.25, 0.3) is 0 Å². The first-order chi connectivity index (χ1) is 14.3. The second-order valence-electron chi connectivity index (χ2n) is 7.67. The lowest BCUT2D eigenvalue weighted by Crippen LogP contribution is -2.28. The lowest BCUT2D eigenvalue weighted by Gasteiger charge is -2.26. The highest BCUT2D eigenvalue weighted by molar-refractivity contribution is 5.87. The molecule has 0 unspecified atom stereocenters. The normalized spacial score (nSPS) is 20.3. The summed E-state index contributed by atoms with van der Waals surface area (Å²) in [7, 11) is 0. The van der Waals surface area contributed by atoms with E-state index < -0.39 is 0 Å². The number of hydrogen-bond acceptors (Lipinski definition) is 3. The summed E-state index contributed by atoms with van der Waals surface area (Å²) >= 11 is 0. The smallest absolute Gasteiger partial charge is 0.233 e. The summed E-state index contributed by atoms with van der Waals surface area (Å²) in [6, 6.07) is 26.2. The van der Waals surface area contributed by atoms with Crippen LogP contribution in [0.2, 0.25) is 0 Å². The van der Waals surface area contributed by atoms with Crippen molar-refractivity contribution in [3.63, 3.8) is 0 Å². The zero-order valence-electron chi connectivity index (χ0n) is 16.2. The highest BCUT2D eigenvalue weighted by atomic mass is 16.5. The van der Waals surface area contributed by atoms with Gasteiger partial charge in [-0.2, -0.15) is 0 Å². The van der Waals surface area contributed by atoms with Crippen LogP contribution in [0.4, 0.5) is 0 Å². The molecule has 2 atom stereocenters. The quantitative estimate of drug-likeness (QED) is 0.658. The van der Waals surface area contributed by atoms with Crippen molar-refractivity contribution in [2.75, 3.05) is 6.54 Å². The Morgan fingerprint density at radius 2 is 1.66 bits per heavy atom. The van der Waals surface area contributed by atoms with Gasteiger partial charge in [0.15, 0.2) is 0 Å². The molecule has 3 aromatic rings. The molecule has 1 fully saturated rings. The van der Waals surface area contributed by atoms with E-state index in [-0.39, 0.29) is 17.9 Å². The SMILES string of the molecule is O=C1[C@@H]2c3cc(OCc4ccccc4)ccc3CO[C@H]2CN1Cc1ccccc1. The van der Waals surface area contributed by atoms with Crippen molar-refractivity contribution in [2.24, 2.45) is 0 Å². The van der Waals surface area contributed by atoms with Crippen LogP contribution >= 0.6 is 0 Å². The molecule has 0 bridgehead atoms. The number of benzene rings is 3. The van der Waals surface area contributed by atoms with Crippen LogP contribution in [0.5, 0.6) is 5.75 Å². The fourth-order valence-corrected chi connectivity index (χ4v) is 4.22. The molecule has 0 saturated carbocycles. The number of carbonyl (C=O) groups excluding carboxylic acids is 1. The van der Waals surface area contributed by atoms with E-state index in [9.17, 15) is 4.79 Å². The minimum Gasteiger partial charge on any atom is -0.489 e. The summed E-state index contributed by atoms with van der Waals surface area (Å²) in [5.41, 5.74) is 4.39. The highest BCUT2D eigenvalue weighted by Gasteiger charge is 2.45. The van der Waals surface area contributed by atoms with Gasteiger partial charge in [0, 0.05) is 13.1 Å². The molecule has 1 saturated heterocycles. The Balaban J connectivity index is 1.35. The van der Waals surface area contributed by atoms with Gasteiger partial charge in [-0.05, 0) is 34.4 Å². The van der Waals surface area contributed by atoms with Crippen molar-refractivity contribution in [3.05, 3.63) is 101 Å². The second-order valence-corrected chi connectivity index (χ2v) is 7.67. The number of fused-ring (bicyclic) bond motifs is 3. The monoisotopic (exact) mass is 385 g/mol. The number of ether oxygens (including phenoxy) is 2. The van der Waals surface area contributed by atoms with Crippen LogP contribution in [-0.2, 0) is 29.3 Å². The second kappa shape index (κ2) is 7.72. The Kier molecular flexibility index (Phi) is 4.78. The van der Waals surface area contributed by atoms with Crippen LogP contribution in [0.15, 0.2) is 78.9 Å². The van der Waals surface area contributed by atoms with E-state index in [1.165, 1.54) is 0 Å². The van der Waals surface area contributed by atoms with Crippen LogP contribution in [0.25, 0.3) is 0 Å². The van der Waals surface area contributed by atoms with Crippen molar-refractivity contribution >= 4 is 5.91 Å². The van der Waals surface area contributed by atoms with E-state index in [0.29, 0.717) is 26.3 Å². The van der Waals surface area contributed by atoms with Crippen LogP contribution in [0, 0.1) is 0 Å². The first-order valence-corrected chi connectivity index (χ1v) is 10.0. The maximum atomic E-state index is 13.2. The molecule has 2 aliphatic rings. The first kappa shape index (κ1) is 18.0. The van der Waals surface area contributed by atoms with Crippen LogP contribution in [0.1, 0.15) is 28.2 Å². The molecule has 0 spiro atoms. The summed E-state index contributed by atoms with van der Waals surface area (Å²) in [6.45, 7) is 2.31. The first-order valence-electron chi connectivity index (χ1n) is 10.0. The van der Waals surface area contributed by atoms with Gasteiger partial charge in [-0.3, -0.25) is 4.79 Å². The fraction of sp³-hybridized carbons (Fsp3) is 0.240. The number of carbonyl (C=O) groups is 1. The van der Waals surface area contributed by atoms with Crippen molar-refractivity contribution in [1.29, 1.82) is 0 Å². The Labute approximate surface area is 170 Å². The van der Waals surface area contributed by atoms with Crippen molar-refractivity contribution < 1.29 is 14.3 Å². The molecule has 0 N–H and O–H groups in total. The summed E-state index contributed by atoms with van der Waals surface area (Å²) in [5, 5.41) is 0. The predicted molar refractivity (Wildman–Crippen MR) is 110 cm³/mol. The molecule has 1 amide bonds. The molecule has 146 valence electrons. The Hall–Kier alpha value is -3.11. The van der Waals surface area contributed by atoms with E-state index in [0.717, 1.165) is 28.0 Å². The number of amides is 1. The lowest BCUT2D eigenvalue weighted by molar-refractivity contribution is -0.130. The minimum absolute atomic E-state index is 0.0944. The number of nitrogens with zero attached hydrogens (tertiary/aromatic N) is 1. The van der Waals surface area contributed by atoms with Crippen LogP contribution in [-0.4, -0.2) is 23.5 Å². The van der Waals surface area contributed by atoms with Gasteiger partial charge in [-0.15, -0.1) is 0 Å². The summed E-state index contributed by atoms with van der Waals surface area (Å²) in [4.78, 5) is 15.1. The van der Waals surface area contributed by atoms with Gasteiger partial charge in [0.05, 0.1) is 18.6 Å². The van der Waals surface area contributed by atoms with Crippen LogP contribution < -0.4 is 4.74 Å². The van der Waals surface area contributed by atoms with Crippen LogP contribution in [0.3, 0.4) is 0 Å². The number of likely N-dealkylation sites (tertiary alicyclic amines) is 1. The molecule has 4 heteroatoms. The summed E-state index contributed by atoms with van der Waals surface area (Å²) in [6.07, 6.45) is -0.0944. The molecular formula is C25H23NO3. The number of rotatable bonds is 5. The third kappa shape index (κ3) is 3.64. The van der Waals surface area contributed by atoms with E-state index >= 15 is 0 Å². The van der Waals surface area contributed by atoms with Crippen molar-refractivity contribution in [3.8, 4) is 5.75 Å². The molecule has 2 aliphatic heterocycles. The van der Waals surface area contributed by atoms with Gasteiger partial charge in [0.1, 0.15) is 12.4 Å². The maximum absolute atomic E-state index is 13.2. The average molecular weight is 385 g/mol. The predicted octanol–water partition coefficient (Wildman–Crippen LogP) is 4.29. The minimum atomic E-state index is -0.247. The molecular weight excluding hydrogens is 362 g/mol. The van der Waals surface area contributed by atoms with E-state index in [1.54, 1.807) is 0 Å². The van der Waals surface area contributed by atoms with Gasteiger partial charge >= 0.3 is 0 Å². The molecule has 5 rings (SSSR count). The molecule has 0 aliphatic carbocycles. The topological polar surface area (TPSA) is 38.8 Å². The average Bonchev–Trinajstić information content (AvgIpc) is 3.09. The Morgan fingerprint density at radius 3 is 2.41 bits per heavy atom. The van der Waals surface area contributed by atoms with Gasteiger partial charge in [-0.25, -0.2) is 0 Å². The van der Waals surface area contributed by atoms with Crippen molar-refractivity contribution in [1.82, 2.24) is 4.90 Å². The third-order valence-electron chi connectivity index (χ3n) is 5.72. The molecule has 2 heterocycles. The van der Waals surface area contributed by atoms with Crippen molar-refractivity contribution in [2.45, 2.75) is 31.8 Å². The fourth-order valence-electron chi connectivity index (χ4n) is 4.22. The largest absolute Gasteiger partial charge is 0.489 e. The Bertz CT molecular complexity index is 1000. The molecule has 0 aromatic heterocycles. The molecule has 4 nitrogen and oxygen atoms in total. The molecule has 29 heavy (non-hydrogen) atoms. The van der Waals surface area contributed by atoms with Gasteiger partial charge < -0.3 is 14.4 Å². The lowest BCUT2D eigenvalue weighted by atomic mass is 9.89. The summed E-state index contributed by atoms with van der Waals surface area (Å²) in [5.74, 6) is 0.685. The standard InChI is InChI=1S/C25H23NO3/c27-25-24-22-13-21(28-16-19-9-5-2-6-10-19)12-11-20(22)17-29-23(24)15-26(25)14-18-7-3-1-4-8-18/h1-13,23-24H,14-17H2/t23-,24+/m0/s1. The van der Waals surface area contributed by atoms with Gasteiger partial charge in [-0.1, -0.05) is 66.7 Å². The Morgan fingerprint density at radius 1 is 0.931 bits per heavy atom. The summed E-state index contributed by atoms with van der Waals surface area (Å²) < 4.78 is 12.0. The van der Waals surface area contributed by atoms with E-state index in [2.05, 4.69) is 12.1 Å². The molecule has 3 aromatic carbocycles. The maximum Gasteiger partial charge on any atom is 0.233 e. The molecule has 0 radical (unpaired) electrons. The zero-order valence-corrected chi connectivity index (χ0v) is 16.2. The van der Waals surface area contributed by atoms with E-state index in [1.807, 2.05) is 71.6 Å². The van der Waals surface area contributed by atoms with Gasteiger partial charge in [0.2, 0.25) is 5.91 Å². The number of hydrogen-bond donors (Lipinski definition) is 0. The highest BCUT2D eigenvalue weighted by Crippen LogP contribution is 2.39. The zero-order chi connectivity index (χ0) is 19.6. The van der Waals surface area contributed by atoms with E-state index in [4.69, 9.17) is 9.47 Å².